The number of hydrogen-bond acceptors (Lipinski definition) is 2. The maximum atomic E-state index is 3.60. The molecule has 1 N–H and O–H groups in total. The summed E-state index contributed by atoms with van der Waals surface area (Å²) in [5.74, 6) is 0.911. The summed E-state index contributed by atoms with van der Waals surface area (Å²) in [5, 5.41) is 3.60. The van der Waals surface area contributed by atoms with Gasteiger partial charge in [0.05, 0.1) is 0 Å². The lowest BCUT2D eigenvalue weighted by molar-refractivity contribution is 0.227. The average Bonchev–Trinajstić information content (AvgIpc) is 2.98. The SMILES string of the molecule is CC(C)(C)C1CCN(CCCCCNC2CC2)C1. The van der Waals surface area contributed by atoms with E-state index in [-0.39, 0.29) is 0 Å². The monoisotopic (exact) mass is 252 g/mol. The lowest BCUT2D eigenvalue weighted by Gasteiger charge is -2.27. The number of rotatable bonds is 7. The van der Waals surface area contributed by atoms with E-state index < -0.39 is 0 Å². The van der Waals surface area contributed by atoms with Gasteiger partial charge in [-0.15, -0.1) is 0 Å². The average molecular weight is 252 g/mol. The van der Waals surface area contributed by atoms with E-state index in [1.54, 1.807) is 0 Å². The summed E-state index contributed by atoms with van der Waals surface area (Å²) in [6.45, 7) is 12.4. The molecule has 18 heavy (non-hydrogen) atoms. The highest BCUT2D eigenvalue weighted by Gasteiger charge is 2.31. The molecular formula is C16H32N2. The van der Waals surface area contributed by atoms with Crippen molar-refractivity contribution in [2.45, 2.75) is 65.3 Å². The van der Waals surface area contributed by atoms with Crippen LogP contribution in [0.1, 0.15) is 59.3 Å². The second kappa shape index (κ2) is 6.38. The van der Waals surface area contributed by atoms with Crippen molar-refractivity contribution >= 4 is 0 Å². The predicted molar refractivity (Wildman–Crippen MR) is 78.9 cm³/mol. The molecule has 2 rings (SSSR count). The van der Waals surface area contributed by atoms with Crippen molar-refractivity contribution in [2.24, 2.45) is 11.3 Å². The van der Waals surface area contributed by atoms with Gasteiger partial charge < -0.3 is 10.2 Å². The summed E-state index contributed by atoms with van der Waals surface area (Å²) in [6.07, 6.45) is 8.41. The maximum Gasteiger partial charge on any atom is 0.00682 e. The van der Waals surface area contributed by atoms with E-state index in [1.807, 2.05) is 0 Å². The van der Waals surface area contributed by atoms with Crippen LogP contribution in [0.4, 0.5) is 0 Å². The number of likely N-dealkylation sites (tertiary alicyclic amines) is 1. The molecule has 2 nitrogen and oxygen atoms in total. The summed E-state index contributed by atoms with van der Waals surface area (Å²) < 4.78 is 0. The molecule has 0 aromatic rings. The normalized spacial score (nSPS) is 25.8. The fraction of sp³-hybridized carbons (Fsp3) is 1.00. The molecule has 106 valence electrons. The summed E-state index contributed by atoms with van der Waals surface area (Å²) in [5.41, 5.74) is 0.503. The van der Waals surface area contributed by atoms with Crippen LogP contribution < -0.4 is 5.32 Å². The largest absolute Gasteiger partial charge is 0.314 e. The Morgan fingerprint density at radius 1 is 1.06 bits per heavy atom. The fourth-order valence-corrected chi connectivity index (χ4v) is 2.97. The third kappa shape index (κ3) is 4.89. The van der Waals surface area contributed by atoms with Gasteiger partial charge >= 0.3 is 0 Å². The summed E-state index contributed by atoms with van der Waals surface area (Å²) in [6, 6.07) is 0.885. The Hall–Kier alpha value is -0.0800. The molecule has 0 aromatic carbocycles. The van der Waals surface area contributed by atoms with Gasteiger partial charge in [0, 0.05) is 12.6 Å². The first-order chi connectivity index (χ1) is 8.55. The molecule has 1 saturated heterocycles. The summed E-state index contributed by atoms with van der Waals surface area (Å²) >= 11 is 0. The molecule has 0 aromatic heterocycles. The Balaban J connectivity index is 1.47. The van der Waals surface area contributed by atoms with Crippen molar-refractivity contribution in [3.63, 3.8) is 0 Å². The second-order valence-electron chi connectivity index (χ2n) is 7.44. The molecule has 2 aliphatic rings. The van der Waals surface area contributed by atoms with Crippen LogP contribution in [-0.2, 0) is 0 Å². The second-order valence-corrected chi connectivity index (χ2v) is 7.44. The molecule has 0 bridgehead atoms. The Kier molecular flexibility index (Phi) is 5.08. The minimum atomic E-state index is 0.503. The maximum absolute atomic E-state index is 3.60. The molecule has 1 saturated carbocycles. The molecule has 1 atom stereocenters. The minimum absolute atomic E-state index is 0.503. The number of nitrogens with zero attached hydrogens (tertiary/aromatic N) is 1. The molecule has 0 radical (unpaired) electrons. The lowest BCUT2D eigenvalue weighted by atomic mass is 9.80. The van der Waals surface area contributed by atoms with Crippen molar-refractivity contribution in [3.8, 4) is 0 Å². The van der Waals surface area contributed by atoms with Crippen molar-refractivity contribution in [3.05, 3.63) is 0 Å². The zero-order valence-corrected chi connectivity index (χ0v) is 12.7. The Bertz CT molecular complexity index is 240. The zero-order chi connectivity index (χ0) is 13.0. The van der Waals surface area contributed by atoms with E-state index in [2.05, 4.69) is 31.0 Å². The molecule has 0 amide bonds. The molecule has 1 aliphatic carbocycles. The summed E-state index contributed by atoms with van der Waals surface area (Å²) in [7, 11) is 0. The standard InChI is InChI=1S/C16H32N2/c1-16(2,3)14-9-12-18(13-14)11-6-4-5-10-17-15-7-8-15/h14-15,17H,4-13H2,1-3H3. The van der Waals surface area contributed by atoms with E-state index in [9.17, 15) is 0 Å². The van der Waals surface area contributed by atoms with Crippen LogP contribution in [0.5, 0.6) is 0 Å². The van der Waals surface area contributed by atoms with Crippen LogP contribution in [0.15, 0.2) is 0 Å². The van der Waals surface area contributed by atoms with Crippen LogP contribution in [0.25, 0.3) is 0 Å². The Morgan fingerprint density at radius 3 is 2.44 bits per heavy atom. The zero-order valence-electron chi connectivity index (χ0n) is 12.7. The molecule has 2 fully saturated rings. The Labute approximate surface area is 114 Å². The van der Waals surface area contributed by atoms with Gasteiger partial charge in [-0.2, -0.15) is 0 Å². The first kappa shape index (κ1) is 14.3. The molecule has 0 spiro atoms. The van der Waals surface area contributed by atoms with E-state index in [4.69, 9.17) is 0 Å². The molecular weight excluding hydrogens is 220 g/mol. The van der Waals surface area contributed by atoms with Gasteiger partial charge in [-0.05, 0) is 63.1 Å². The third-order valence-electron chi connectivity index (χ3n) is 4.66. The highest BCUT2D eigenvalue weighted by Crippen LogP contribution is 2.33. The van der Waals surface area contributed by atoms with Gasteiger partial charge in [0.25, 0.3) is 0 Å². The fourth-order valence-electron chi connectivity index (χ4n) is 2.97. The Morgan fingerprint density at radius 2 is 1.83 bits per heavy atom. The highest BCUT2D eigenvalue weighted by molar-refractivity contribution is 4.83. The number of nitrogens with one attached hydrogen (secondary N) is 1. The lowest BCUT2D eigenvalue weighted by Crippen LogP contribution is -2.26. The number of hydrogen-bond donors (Lipinski definition) is 1. The van der Waals surface area contributed by atoms with E-state index >= 15 is 0 Å². The predicted octanol–water partition coefficient (Wildman–Crippen LogP) is 3.28. The van der Waals surface area contributed by atoms with Crippen molar-refractivity contribution in [1.82, 2.24) is 10.2 Å². The molecule has 2 heteroatoms. The first-order valence-electron chi connectivity index (χ1n) is 8.01. The van der Waals surface area contributed by atoms with E-state index in [1.165, 1.54) is 64.7 Å². The third-order valence-corrected chi connectivity index (χ3v) is 4.66. The highest BCUT2D eigenvalue weighted by atomic mass is 15.1. The van der Waals surface area contributed by atoms with Crippen LogP contribution in [0.2, 0.25) is 0 Å². The van der Waals surface area contributed by atoms with Crippen LogP contribution in [0, 0.1) is 11.3 Å². The molecule has 1 heterocycles. The van der Waals surface area contributed by atoms with E-state index in [0.717, 1.165) is 12.0 Å². The summed E-state index contributed by atoms with van der Waals surface area (Å²) in [4.78, 5) is 2.68. The van der Waals surface area contributed by atoms with Gasteiger partial charge in [-0.25, -0.2) is 0 Å². The topological polar surface area (TPSA) is 15.3 Å². The first-order valence-corrected chi connectivity index (χ1v) is 8.01. The van der Waals surface area contributed by atoms with Gasteiger partial charge in [0.15, 0.2) is 0 Å². The van der Waals surface area contributed by atoms with Crippen LogP contribution >= 0.6 is 0 Å². The van der Waals surface area contributed by atoms with Gasteiger partial charge in [-0.1, -0.05) is 27.2 Å². The van der Waals surface area contributed by atoms with Gasteiger partial charge in [0.1, 0.15) is 0 Å². The minimum Gasteiger partial charge on any atom is -0.314 e. The van der Waals surface area contributed by atoms with Crippen molar-refractivity contribution in [1.29, 1.82) is 0 Å². The van der Waals surface area contributed by atoms with Crippen molar-refractivity contribution in [2.75, 3.05) is 26.2 Å². The van der Waals surface area contributed by atoms with E-state index in [0.29, 0.717) is 5.41 Å². The molecule has 1 aliphatic heterocycles. The van der Waals surface area contributed by atoms with Gasteiger partial charge in [0.2, 0.25) is 0 Å². The van der Waals surface area contributed by atoms with Gasteiger partial charge in [-0.3, -0.25) is 0 Å². The van der Waals surface area contributed by atoms with Crippen LogP contribution in [0.3, 0.4) is 0 Å². The quantitative estimate of drug-likeness (QED) is 0.700. The number of unbranched alkanes of at least 4 members (excludes halogenated alkanes) is 2. The molecule has 1 unspecified atom stereocenters. The van der Waals surface area contributed by atoms with Crippen molar-refractivity contribution < 1.29 is 0 Å². The smallest absolute Gasteiger partial charge is 0.00682 e. The van der Waals surface area contributed by atoms with Crippen LogP contribution in [-0.4, -0.2) is 37.1 Å².